The van der Waals surface area contributed by atoms with Crippen molar-refractivity contribution in [3.63, 3.8) is 0 Å². The summed E-state index contributed by atoms with van der Waals surface area (Å²) in [5.41, 5.74) is 2.06. The van der Waals surface area contributed by atoms with E-state index in [0.717, 1.165) is 5.56 Å². The van der Waals surface area contributed by atoms with Crippen molar-refractivity contribution in [1.29, 1.82) is 0 Å². The van der Waals surface area contributed by atoms with Gasteiger partial charge in [0.2, 0.25) is 5.91 Å². The predicted octanol–water partition coefficient (Wildman–Crippen LogP) is 3.75. The second kappa shape index (κ2) is 8.65. The summed E-state index contributed by atoms with van der Waals surface area (Å²) in [6.07, 6.45) is 0.623. The number of carbonyl (C=O) groups is 3. The molecule has 0 radical (unpaired) electrons. The average molecular weight is 417 g/mol. The van der Waals surface area contributed by atoms with Crippen molar-refractivity contribution in [2.75, 3.05) is 17.3 Å². The lowest BCUT2D eigenvalue weighted by Crippen LogP contribution is -2.30. The summed E-state index contributed by atoms with van der Waals surface area (Å²) >= 11 is 1.39. The third-order valence-corrected chi connectivity index (χ3v) is 5.86. The highest BCUT2D eigenvalue weighted by Gasteiger charge is 2.37. The zero-order valence-electron chi connectivity index (χ0n) is 16.0. The Hall–Kier alpha value is -2.87. The van der Waals surface area contributed by atoms with Crippen molar-refractivity contribution in [3.05, 3.63) is 58.4 Å². The Morgan fingerprint density at radius 3 is 2.66 bits per heavy atom. The van der Waals surface area contributed by atoms with Gasteiger partial charge in [0.15, 0.2) is 0 Å². The summed E-state index contributed by atoms with van der Waals surface area (Å²) in [6, 6.07) is 7.28. The van der Waals surface area contributed by atoms with Crippen molar-refractivity contribution in [3.8, 4) is 5.75 Å². The van der Waals surface area contributed by atoms with Crippen LogP contribution >= 0.6 is 11.8 Å². The van der Waals surface area contributed by atoms with Crippen LogP contribution < -0.4 is 9.64 Å². The van der Waals surface area contributed by atoms with E-state index in [2.05, 4.69) is 0 Å². The molecular formula is C21H20FNO5S. The first kappa shape index (κ1) is 20.9. The van der Waals surface area contributed by atoms with Gasteiger partial charge in [0.05, 0.1) is 18.0 Å². The van der Waals surface area contributed by atoms with Gasteiger partial charge in [-0.05, 0) is 43.2 Å². The molecule has 6 nitrogen and oxygen atoms in total. The number of amides is 1. The molecule has 152 valence electrons. The predicted molar refractivity (Wildman–Crippen MR) is 108 cm³/mol. The maximum absolute atomic E-state index is 13.4. The van der Waals surface area contributed by atoms with Gasteiger partial charge in [-0.25, -0.2) is 9.18 Å². The number of aromatic carboxylic acids is 1. The molecule has 1 N–H and O–H groups in total. The standard InChI is InChI=1S/C21H20FNO5S/c1-3-28-19-12(2)18(14(8-9-24)10-16(19)21(26)27)23-17(25)11-29-20(23)13-4-6-15(22)7-5-13/h4-7,9-10,20H,3,8,11H2,1-2H3,(H,26,27). The van der Waals surface area contributed by atoms with Crippen LogP contribution in [-0.2, 0) is 16.0 Å². The Morgan fingerprint density at radius 1 is 1.38 bits per heavy atom. The Kier molecular flexibility index (Phi) is 6.22. The van der Waals surface area contributed by atoms with Gasteiger partial charge >= 0.3 is 5.97 Å². The molecule has 1 atom stereocenters. The monoisotopic (exact) mass is 417 g/mol. The fourth-order valence-corrected chi connectivity index (χ4v) is 4.63. The van der Waals surface area contributed by atoms with Gasteiger partial charge in [-0.3, -0.25) is 9.69 Å². The maximum Gasteiger partial charge on any atom is 0.339 e. The van der Waals surface area contributed by atoms with E-state index in [1.165, 1.54) is 30.0 Å². The molecular weight excluding hydrogens is 397 g/mol. The van der Waals surface area contributed by atoms with E-state index >= 15 is 0 Å². The number of aldehydes is 1. The first-order chi connectivity index (χ1) is 13.9. The SMILES string of the molecule is CCOc1c(C(=O)O)cc(CC=O)c(N2C(=O)CSC2c2ccc(F)cc2)c1C. The largest absolute Gasteiger partial charge is 0.493 e. The minimum Gasteiger partial charge on any atom is -0.493 e. The van der Waals surface area contributed by atoms with E-state index in [9.17, 15) is 23.9 Å². The minimum absolute atomic E-state index is 0.0482. The molecule has 1 fully saturated rings. The first-order valence-corrected chi connectivity index (χ1v) is 10.1. The zero-order valence-corrected chi connectivity index (χ0v) is 16.8. The molecule has 1 aliphatic rings. The summed E-state index contributed by atoms with van der Waals surface area (Å²) < 4.78 is 18.9. The number of halogens is 1. The molecule has 8 heteroatoms. The molecule has 1 unspecified atom stereocenters. The lowest BCUT2D eigenvalue weighted by molar-refractivity contribution is -0.116. The van der Waals surface area contributed by atoms with Crippen LogP contribution in [0.1, 0.15) is 39.3 Å². The van der Waals surface area contributed by atoms with Crippen molar-refractivity contribution in [2.24, 2.45) is 0 Å². The summed E-state index contributed by atoms with van der Waals surface area (Å²) in [5.74, 6) is -1.34. The third-order valence-electron chi connectivity index (χ3n) is 4.65. The maximum atomic E-state index is 13.4. The molecule has 2 aromatic rings. The van der Waals surface area contributed by atoms with E-state index in [-0.39, 0.29) is 41.8 Å². The van der Waals surface area contributed by atoms with E-state index < -0.39 is 11.3 Å². The summed E-state index contributed by atoms with van der Waals surface area (Å²) in [6.45, 7) is 3.67. The first-order valence-electron chi connectivity index (χ1n) is 9.04. The Labute approximate surface area is 171 Å². The van der Waals surface area contributed by atoms with Gasteiger partial charge in [0.25, 0.3) is 0 Å². The van der Waals surface area contributed by atoms with Crippen LogP contribution in [0.25, 0.3) is 0 Å². The van der Waals surface area contributed by atoms with Gasteiger partial charge in [-0.1, -0.05) is 12.1 Å². The van der Waals surface area contributed by atoms with Crippen LogP contribution in [0.3, 0.4) is 0 Å². The van der Waals surface area contributed by atoms with Crippen LogP contribution in [0.4, 0.5) is 10.1 Å². The number of thioether (sulfide) groups is 1. The molecule has 0 saturated carbocycles. The highest BCUT2D eigenvalue weighted by Crippen LogP contribution is 2.46. The Morgan fingerprint density at radius 2 is 2.07 bits per heavy atom. The average Bonchev–Trinajstić information content (AvgIpc) is 3.06. The molecule has 0 bridgehead atoms. The molecule has 2 aromatic carbocycles. The fourth-order valence-electron chi connectivity index (χ4n) is 3.47. The molecule has 29 heavy (non-hydrogen) atoms. The zero-order chi connectivity index (χ0) is 21.1. The van der Waals surface area contributed by atoms with Crippen LogP contribution in [0.2, 0.25) is 0 Å². The number of nitrogens with zero attached hydrogens (tertiary/aromatic N) is 1. The normalized spacial score (nSPS) is 16.2. The number of benzene rings is 2. The summed E-state index contributed by atoms with van der Waals surface area (Å²) in [7, 11) is 0. The van der Waals surface area contributed by atoms with Gasteiger partial charge in [-0.2, -0.15) is 0 Å². The Balaban J connectivity index is 2.21. The second-order valence-electron chi connectivity index (χ2n) is 6.47. The molecule has 0 aromatic heterocycles. The number of ether oxygens (including phenoxy) is 1. The third kappa shape index (κ3) is 3.98. The van der Waals surface area contributed by atoms with Crippen molar-refractivity contribution in [1.82, 2.24) is 0 Å². The molecule has 0 aliphatic carbocycles. The highest BCUT2D eigenvalue weighted by atomic mass is 32.2. The van der Waals surface area contributed by atoms with Crippen LogP contribution in [-0.4, -0.2) is 35.6 Å². The van der Waals surface area contributed by atoms with Gasteiger partial charge < -0.3 is 14.6 Å². The molecule has 1 aliphatic heterocycles. The van der Waals surface area contributed by atoms with Gasteiger partial charge in [0.1, 0.15) is 28.8 Å². The fraction of sp³-hybridized carbons (Fsp3) is 0.286. The number of rotatable bonds is 7. The van der Waals surface area contributed by atoms with Gasteiger partial charge in [-0.15, -0.1) is 11.8 Å². The second-order valence-corrected chi connectivity index (χ2v) is 7.54. The number of carboxylic acids is 1. The Bertz CT molecular complexity index is 961. The molecule has 3 rings (SSSR count). The van der Waals surface area contributed by atoms with Crippen LogP contribution in [0, 0.1) is 12.7 Å². The number of hydrogen-bond donors (Lipinski definition) is 1. The van der Waals surface area contributed by atoms with E-state index in [0.29, 0.717) is 23.1 Å². The van der Waals surface area contributed by atoms with E-state index in [1.54, 1.807) is 30.9 Å². The summed E-state index contributed by atoms with van der Waals surface area (Å²) in [4.78, 5) is 37.4. The topological polar surface area (TPSA) is 83.9 Å². The number of hydrogen-bond acceptors (Lipinski definition) is 5. The lowest BCUT2D eigenvalue weighted by atomic mass is 9.98. The quantitative estimate of drug-likeness (QED) is 0.691. The number of carboxylic acid groups (broad SMARTS) is 1. The van der Waals surface area contributed by atoms with Crippen LogP contribution in [0.15, 0.2) is 30.3 Å². The smallest absolute Gasteiger partial charge is 0.339 e. The molecule has 1 saturated heterocycles. The highest BCUT2D eigenvalue weighted by molar-refractivity contribution is 8.00. The van der Waals surface area contributed by atoms with Crippen molar-refractivity contribution >= 4 is 35.6 Å². The molecule has 1 amide bonds. The van der Waals surface area contributed by atoms with Crippen molar-refractivity contribution < 1.29 is 28.6 Å². The molecule has 1 heterocycles. The minimum atomic E-state index is -1.17. The lowest BCUT2D eigenvalue weighted by Gasteiger charge is -2.29. The van der Waals surface area contributed by atoms with E-state index in [1.807, 2.05) is 0 Å². The van der Waals surface area contributed by atoms with E-state index in [4.69, 9.17) is 4.74 Å². The van der Waals surface area contributed by atoms with Crippen LogP contribution in [0.5, 0.6) is 5.75 Å². The van der Waals surface area contributed by atoms with Gasteiger partial charge in [0, 0.05) is 12.0 Å². The van der Waals surface area contributed by atoms with Crippen molar-refractivity contribution in [2.45, 2.75) is 25.6 Å². The summed E-state index contributed by atoms with van der Waals surface area (Å²) in [5, 5.41) is 9.17. The number of carbonyl (C=O) groups excluding carboxylic acids is 2. The number of anilines is 1. The molecule has 0 spiro atoms.